The van der Waals surface area contributed by atoms with Crippen LogP contribution in [-0.2, 0) is 4.74 Å². The second kappa shape index (κ2) is 6.48. The van der Waals surface area contributed by atoms with E-state index in [0.29, 0.717) is 0 Å². The number of rotatable bonds is 4. The van der Waals surface area contributed by atoms with Crippen LogP contribution in [0.5, 0.6) is 0 Å². The lowest BCUT2D eigenvalue weighted by molar-refractivity contribution is 0.0310. The van der Waals surface area contributed by atoms with E-state index >= 15 is 0 Å². The minimum absolute atomic E-state index is 0.279. The third-order valence-corrected chi connectivity index (χ3v) is 5.40. The minimum atomic E-state index is 0.279. The van der Waals surface area contributed by atoms with Crippen molar-refractivity contribution in [1.82, 2.24) is 14.9 Å². The average molecular weight is 320 g/mol. The van der Waals surface area contributed by atoms with Crippen molar-refractivity contribution in [1.29, 1.82) is 0 Å². The summed E-state index contributed by atoms with van der Waals surface area (Å²) in [6.07, 6.45) is 3.03. The number of hydrogen-bond acceptors (Lipinski definition) is 6. The topological polar surface area (TPSA) is 41.5 Å². The van der Waals surface area contributed by atoms with E-state index in [-0.39, 0.29) is 6.10 Å². The monoisotopic (exact) mass is 320 g/mol. The summed E-state index contributed by atoms with van der Waals surface area (Å²) in [5.41, 5.74) is 1.31. The predicted molar refractivity (Wildman–Crippen MR) is 92.0 cm³/mol. The van der Waals surface area contributed by atoms with Gasteiger partial charge in [0.2, 0.25) is 0 Å². The highest BCUT2D eigenvalue weighted by Gasteiger charge is 2.24. The molecule has 22 heavy (non-hydrogen) atoms. The zero-order valence-electron chi connectivity index (χ0n) is 13.8. The van der Waals surface area contributed by atoms with E-state index < -0.39 is 0 Å². The van der Waals surface area contributed by atoms with Crippen molar-refractivity contribution in [3.8, 4) is 0 Å². The Kier molecular flexibility index (Phi) is 4.61. The maximum absolute atomic E-state index is 5.92. The second-order valence-electron chi connectivity index (χ2n) is 6.19. The molecule has 1 aliphatic rings. The Morgan fingerprint density at radius 1 is 1.36 bits per heavy atom. The molecule has 1 saturated heterocycles. The molecule has 0 unspecified atom stereocenters. The fourth-order valence-electron chi connectivity index (χ4n) is 2.89. The molecule has 0 N–H and O–H groups in total. The first-order valence-electron chi connectivity index (χ1n) is 7.78. The summed E-state index contributed by atoms with van der Waals surface area (Å²) in [7, 11) is 4.21. The van der Waals surface area contributed by atoms with E-state index in [9.17, 15) is 0 Å². The van der Waals surface area contributed by atoms with E-state index in [4.69, 9.17) is 4.74 Å². The van der Waals surface area contributed by atoms with Crippen LogP contribution in [0.25, 0.3) is 10.2 Å². The highest BCUT2D eigenvalue weighted by Crippen LogP contribution is 2.34. The predicted octanol–water partition coefficient (Wildman–Crippen LogP) is 2.47. The molecular formula is C16H24N4OS. The summed E-state index contributed by atoms with van der Waals surface area (Å²) >= 11 is 1.76. The van der Waals surface area contributed by atoms with Crippen LogP contribution in [0, 0.1) is 13.8 Å². The van der Waals surface area contributed by atoms with Crippen LogP contribution >= 0.6 is 11.3 Å². The first kappa shape index (κ1) is 15.6. The smallest absolute Gasteiger partial charge is 0.141 e. The first-order chi connectivity index (χ1) is 10.6. The van der Waals surface area contributed by atoms with Crippen LogP contribution in [0.3, 0.4) is 0 Å². The number of aromatic nitrogens is 2. The number of thiophene rings is 1. The lowest BCUT2D eigenvalue weighted by Gasteiger charge is -2.34. The third-order valence-electron chi connectivity index (χ3n) is 4.28. The molecule has 3 heterocycles. The molecule has 2 aromatic heterocycles. The Labute approximate surface area is 135 Å². The molecule has 5 nitrogen and oxygen atoms in total. The number of hydrogen-bond donors (Lipinski definition) is 0. The Balaban J connectivity index is 1.84. The van der Waals surface area contributed by atoms with E-state index in [2.05, 4.69) is 47.7 Å². The number of ether oxygens (including phenoxy) is 1. The summed E-state index contributed by atoms with van der Waals surface area (Å²) in [6.45, 7) is 7.96. The molecule has 2 aromatic rings. The van der Waals surface area contributed by atoms with E-state index in [1.54, 1.807) is 17.7 Å². The summed E-state index contributed by atoms with van der Waals surface area (Å²) < 4.78 is 5.92. The Hall–Kier alpha value is -1.24. The molecule has 1 atom stereocenters. The van der Waals surface area contributed by atoms with Gasteiger partial charge in [0.15, 0.2) is 0 Å². The van der Waals surface area contributed by atoms with Crippen molar-refractivity contribution >= 4 is 27.4 Å². The molecule has 0 amide bonds. The largest absolute Gasteiger partial charge is 0.374 e. The maximum Gasteiger partial charge on any atom is 0.141 e. The van der Waals surface area contributed by atoms with Crippen molar-refractivity contribution < 1.29 is 4.74 Å². The minimum Gasteiger partial charge on any atom is -0.374 e. The summed E-state index contributed by atoms with van der Waals surface area (Å²) in [4.78, 5) is 16.0. The number of fused-ring (bicyclic) bond motifs is 1. The summed E-state index contributed by atoms with van der Waals surface area (Å²) in [5, 5.41) is 1.22. The van der Waals surface area contributed by atoms with Crippen LogP contribution in [0.15, 0.2) is 6.33 Å². The molecule has 1 aliphatic heterocycles. The maximum atomic E-state index is 5.92. The molecule has 0 bridgehead atoms. The lowest BCUT2D eigenvalue weighted by Crippen LogP contribution is -2.44. The van der Waals surface area contributed by atoms with Crippen molar-refractivity contribution in [2.24, 2.45) is 0 Å². The van der Waals surface area contributed by atoms with Gasteiger partial charge in [-0.2, -0.15) is 0 Å². The van der Waals surface area contributed by atoms with Gasteiger partial charge in [0, 0.05) is 24.5 Å². The molecule has 0 spiro atoms. The van der Waals surface area contributed by atoms with Crippen molar-refractivity contribution in [3.63, 3.8) is 0 Å². The second-order valence-corrected chi connectivity index (χ2v) is 7.39. The molecule has 6 heteroatoms. The van der Waals surface area contributed by atoms with Gasteiger partial charge in [0.1, 0.15) is 17.0 Å². The van der Waals surface area contributed by atoms with E-state index in [1.807, 2.05) is 0 Å². The summed E-state index contributed by atoms with van der Waals surface area (Å²) in [6, 6.07) is 0. The number of aryl methyl sites for hydroxylation is 2. The quantitative estimate of drug-likeness (QED) is 0.865. The van der Waals surface area contributed by atoms with Crippen LogP contribution < -0.4 is 4.90 Å². The Morgan fingerprint density at radius 2 is 2.18 bits per heavy atom. The SMILES string of the molecule is Cc1sc2ncnc(N3CCO[C@@H](CCN(C)C)C3)c2c1C. The van der Waals surface area contributed by atoms with E-state index in [0.717, 1.165) is 43.3 Å². The Morgan fingerprint density at radius 3 is 2.95 bits per heavy atom. The average Bonchev–Trinajstić information content (AvgIpc) is 2.80. The molecule has 1 fully saturated rings. The molecule has 0 aromatic carbocycles. The lowest BCUT2D eigenvalue weighted by atomic mass is 10.1. The standard InChI is InChI=1S/C16H24N4OS/c1-11-12(2)22-16-14(11)15(17-10-18-16)20-7-8-21-13(9-20)5-6-19(3)4/h10,13H,5-9H2,1-4H3/t13-/m0/s1. The van der Waals surface area contributed by atoms with Gasteiger partial charge in [0.05, 0.1) is 18.1 Å². The van der Waals surface area contributed by atoms with Gasteiger partial charge in [0.25, 0.3) is 0 Å². The van der Waals surface area contributed by atoms with Gasteiger partial charge in [-0.1, -0.05) is 0 Å². The van der Waals surface area contributed by atoms with E-state index in [1.165, 1.54) is 15.8 Å². The van der Waals surface area contributed by atoms with Gasteiger partial charge >= 0.3 is 0 Å². The van der Waals surface area contributed by atoms with Crippen molar-refractivity contribution in [3.05, 3.63) is 16.8 Å². The molecule has 0 saturated carbocycles. The molecule has 0 aliphatic carbocycles. The van der Waals surface area contributed by atoms with Crippen LogP contribution in [0.1, 0.15) is 16.9 Å². The summed E-state index contributed by atoms with van der Waals surface area (Å²) in [5.74, 6) is 1.07. The zero-order chi connectivity index (χ0) is 15.7. The van der Waals surface area contributed by atoms with Gasteiger partial charge in [-0.05, 0) is 39.9 Å². The molecular weight excluding hydrogens is 296 g/mol. The molecule has 3 rings (SSSR count). The van der Waals surface area contributed by atoms with Gasteiger partial charge in [-0.15, -0.1) is 11.3 Å². The normalized spacial score (nSPS) is 19.3. The number of anilines is 1. The highest BCUT2D eigenvalue weighted by atomic mass is 32.1. The van der Waals surface area contributed by atoms with Gasteiger partial charge in [-0.25, -0.2) is 9.97 Å². The number of morpholine rings is 1. The highest BCUT2D eigenvalue weighted by molar-refractivity contribution is 7.18. The molecule has 120 valence electrons. The Bertz CT molecular complexity index is 655. The fourth-order valence-corrected chi connectivity index (χ4v) is 3.88. The van der Waals surface area contributed by atoms with Crippen LogP contribution in [-0.4, -0.2) is 61.3 Å². The van der Waals surface area contributed by atoms with Crippen LogP contribution in [0.2, 0.25) is 0 Å². The first-order valence-corrected chi connectivity index (χ1v) is 8.60. The van der Waals surface area contributed by atoms with Gasteiger partial charge < -0.3 is 14.5 Å². The van der Waals surface area contributed by atoms with Crippen LogP contribution in [0.4, 0.5) is 5.82 Å². The van der Waals surface area contributed by atoms with Gasteiger partial charge in [-0.3, -0.25) is 0 Å². The van der Waals surface area contributed by atoms with Crippen molar-refractivity contribution in [2.45, 2.75) is 26.4 Å². The third kappa shape index (κ3) is 3.09. The zero-order valence-corrected chi connectivity index (χ0v) is 14.6. The fraction of sp³-hybridized carbons (Fsp3) is 0.625. The molecule has 0 radical (unpaired) electrons. The number of nitrogens with zero attached hydrogens (tertiary/aromatic N) is 4. The van der Waals surface area contributed by atoms with Crippen molar-refractivity contribution in [2.75, 3.05) is 45.2 Å².